The van der Waals surface area contributed by atoms with E-state index in [2.05, 4.69) is 22.1 Å². The van der Waals surface area contributed by atoms with Crippen LogP contribution in [0.25, 0.3) is 11.1 Å². The Labute approximate surface area is 190 Å². The molecule has 1 aromatic heterocycles. The summed E-state index contributed by atoms with van der Waals surface area (Å²) >= 11 is 1.56. The number of aliphatic imine (C=N–C) groups is 1. The van der Waals surface area contributed by atoms with Crippen molar-refractivity contribution in [3.8, 4) is 0 Å². The molecular formula is C21H26N6O4S. The number of carbonyl (C=O) groups excluding carboxylic acids is 2. The molecule has 0 saturated carbocycles. The number of amides is 3. The van der Waals surface area contributed by atoms with E-state index in [-0.39, 0.29) is 11.8 Å². The highest BCUT2D eigenvalue weighted by Crippen LogP contribution is 2.29. The van der Waals surface area contributed by atoms with Gasteiger partial charge in [-0.3, -0.25) is 10.1 Å². The van der Waals surface area contributed by atoms with Crippen molar-refractivity contribution in [2.24, 2.45) is 10.9 Å². The summed E-state index contributed by atoms with van der Waals surface area (Å²) < 4.78 is 11.3. The first kappa shape index (κ1) is 21.1. The van der Waals surface area contributed by atoms with E-state index in [9.17, 15) is 9.59 Å². The fourth-order valence-corrected chi connectivity index (χ4v) is 5.09. The highest BCUT2D eigenvalue weighted by molar-refractivity contribution is 7.99. The quantitative estimate of drug-likeness (QED) is 0.672. The minimum Gasteiger partial charge on any atom is -0.431 e. The van der Waals surface area contributed by atoms with Gasteiger partial charge in [-0.25, -0.2) is 14.8 Å². The number of guanidine groups is 1. The lowest BCUT2D eigenvalue weighted by Gasteiger charge is -2.39. The number of imide groups is 1. The molecule has 3 aliphatic rings. The number of hydrogen-bond acceptors (Lipinski definition) is 9. The number of benzene rings is 1. The molecule has 3 aliphatic heterocycles. The van der Waals surface area contributed by atoms with Crippen molar-refractivity contribution < 1.29 is 18.7 Å². The van der Waals surface area contributed by atoms with Gasteiger partial charge in [0.2, 0.25) is 0 Å². The van der Waals surface area contributed by atoms with Gasteiger partial charge < -0.3 is 23.9 Å². The zero-order valence-corrected chi connectivity index (χ0v) is 18.9. The van der Waals surface area contributed by atoms with E-state index in [1.807, 2.05) is 29.2 Å². The van der Waals surface area contributed by atoms with Crippen LogP contribution in [0, 0.1) is 5.92 Å². The summed E-state index contributed by atoms with van der Waals surface area (Å²) in [6.45, 7) is 5.41. The topological polar surface area (TPSA) is 104 Å². The van der Waals surface area contributed by atoms with Crippen molar-refractivity contribution in [2.75, 3.05) is 45.6 Å². The summed E-state index contributed by atoms with van der Waals surface area (Å²) in [5.41, 5.74) is 1.62. The fourth-order valence-electron chi connectivity index (χ4n) is 4.25. The van der Waals surface area contributed by atoms with E-state index in [1.165, 1.54) is 4.90 Å². The van der Waals surface area contributed by atoms with Gasteiger partial charge in [0.25, 0.3) is 11.1 Å². The predicted octanol–water partition coefficient (Wildman–Crippen LogP) is 1.44. The number of morpholine rings is 1. The molecule has 10 nitrogen and oxygen atoms in total. The van der Waals surface area contributed by atoms with Crippen molar-refractivity contribution in [1.82, 2.24) is 25.0 Å². The van der Waals surface area contributed by atoms with Gasteiger partial charge in [-0.2, -0.15) is 0 Å². The average Bonchev–Trinajstić information content (AvgIpc) is 3.38. The lowest BCUT2D eigenvalue weighted by Crippen LogP contribution is -2.64. The zero-order chi connectivity index (χ0) is 22.2. The third-order valence-electron chi connectivity index (χ3n) is 5.91. The molecule has 4 heterocycles. The molecule has 2 fully saturated rings. The van der Waals surface area contributed by atoms with Crippen LogP contribution in [-0.4, -0.2) is 95.4 Å². The summed E-state index contributed by atoms with van der Waals surface area (Å²) in [5.74, 6) is 1.45. The van der Waals surface area contributed by atoms with Crippen LogP contribution < -0.4 is 5.32 Å². The molecule has 2 saturated heterocycles. The molecule has 3 atom stereocenters. The number of fused-ring (bicyclic) bond motifs is 2. The van der Waals surface area contributed by atoms with Crippen LogP contribution in [0.2, 0.25) is 0 Å². The summed E-state index contributed by atoms with van der Waals surface area (Å²) in [7, 11) is 1.68. The Balaban J connectivity index is 1.31. The molecule has 1 aromatic carbocycles. The number of nitrogens with one attached hydrogen (secondary N) is 1. The van der Waals surface area contributed by atoms with Gasteiger partial charge >= 0.3 is 6.03 Å². The summed E-state index contributed by atoms with van der Waals surface area (Å²) in [6.07, 6.45) is -0.522. The average molecular weight is 459 g/mol. The summed E-state index contributed by atoms with van der Waals surface area (Å²) in [6, 6.07) is 6.76. The van der Waals surface area contributed by atoms with Gasteiger partial charge in [0.15, 0.2) is 23.8 Å². The number of thioether (sulfide) groups is 1. The normalized spacial score (nSPS) is 24.6. The Kier molecular flexibility index (Phi) is 5.68. The van der Waals surface area contributed by atoms with Gasteiger partial charge in [-0.15, -0.1) is 0 Å². The zero-order valence-electron chi connectivity index (χ0n) is 18.1. The standard InChI is InChI=1S/C21H26N6O4S/c1-13(12-32-21-22-14-5-3-4-6-15(14)31-21)11-27-16-17(25(2)20(29)24-18(16)28)23-19(27)26-7-9-30-10-8-26/h3-6,13,16-17H,7-12H2,1-2H3,(H,24,28,29). The van der Waals surface area contributed by atoms with Crippen LogP contribution >= 0.6 is 11.8 Å². The van der Waals surface area contributed by atoms with Crippen LogP contribution in [0.5, 0.6) is 0 Å². The van der Waals surface area contributed by atoms with Crippen LogP contribution in [0.1, 0.15) is 6.92 Å². The second-order valence-electron chi connectivity index (χ2n) is 8.31. The molecule has 0 aliphatic carbocycles. The minimum atomic E-state index is -0.535. The predicted molar refractivity (Wildman–Crippen MR) is 119 cm³/mol. The largest absolute Gasteiger partial charge is 0.431 e. The molecule has 5 rings (SSSR count). The number of nitrogens with zero attached hydrogens (tertiary/aromatic N) is 5. The molecule has 3 unspecified atom stereocenters. The molecule has 2 aromatic rings. The van der Waals surface area contributed by atoms with Crippen LogP contribution in [0.3, 0.4) is 0 Å². The van der Waals surface area contributed by atoms with Crippen molar-refractivity contribution in [3.63, 3.8) is 0 Å². The first-order valence-corrected chi connectivity index (χ1v) is 11.7. The highest BCUT2D eigenvalue weighted by Gasteiger charge is 2.50. The summed E-state index contributed by atoms with van der Waals surface area (Å²) in [5, 5.41) is 3.10. The lowest BCUT2D eigenvalue weighted by molar-refractivity contribution is -0.127. The fraction of sp³-hybridized carbons (Fsp3) is 0.524. The lowest BCUT2D eigenvalue weighted by atomic mass is 10.1. The van der Waals surface area contributed by atoms with Crippen molar-refractivity contribution in [3.05, 3.63) is 24.3 Å². The van der Waals surface area contributed by atoms with E-state index in [1.54, 1.807) is 18.8 Å². The monoisotopic (exact) mass is 458 g/mol. The Bertz CT molecular complexity index is 1020. The molecule has 32 heavy (non-hydrogen) atoms. The van der Waals surface area contributed by atoms with Gasteiger partial charge in [-0.05, 0) is 18.1 Å². The molecule has 11 heteroatoms. The minimum absolute atomic E-state index is 0.218. The molecule has 1 N–H and O–H groups in total. The van der Waals surface area contributed by atoms with Crippen LogP contribution in [-0.2, 0) is 9.53 Å². The third-order valence-corrected chi connectivity index (χ3v) is 7.06. The Morgan fingerprint density at radius 3 is 2.81 bits per heavy atom. The molecule has 170 valence electrons. The number of para-hydroxylation sites is 2. The smallest absolute Gasteiger partial charge is 0.325 e. The number of likely N-dealkylation sites (N-methyl/N-ethyl adjacent to an activating group) is 1. The van der Waals surface area contributed by atoms with E-state index >= 15 is 0 Å². The van der Waals surface area contributed by atoms with E-state index < -0.39 is 18.2 Å². The maximum absolute atomic E-state index is 12.8. The second kappa shape index (κ2) is 8.62. The number of ether oxygens (including phenoxy) is 1. The number of hydrogen-bond donors (Lipinski definition) is 1. The van der Waals surface area contributed by atoms with Crippen molar-refractivity contribution in [1.29, 1.82) is 0 Å². The highest BCUT2D eigenvalue weighted by atomic mass is 32.2. The number of rotatable bonds is 5. The number of urea groups is 1. The third kappa shape index (κ3) is 3.90. The second-order valence-corrected chi connectivity index (χ2v) is 9.28. The Morgan fingerprint density at radius 1 is 1.25 bits per heavy atom. The van der Waals surface area contributed by atoms with Gasteiger partial charge in [-0.1, -0.05) is 30.8 Å². The van der Waals surface area contributed by atoms with E-state index in [0.717, 1.165) is 22.8 Å². The SMILES string of the molecule is CC(CSc1nc2ccccc2o1)CN1C(N2CCOCC2)=NC2C1C(=O)NC(=O)N2C. The van der Waals surface area contributed by atoms with Crippen molar-refractivity contribution >= 4 is 40.8 Å². The van der Waals surface area contributed by atoms with Crippen molar-refractivity contribution in [2.45, 2.75) is 24.4 Å². The molecule has 0 radical (unpaired) electrons. The number of aromatic nitrogens is 1. The first-order chi connectivity index (χ1) is 15.5. The molecular weight excluding hydrogens is 432 g/mol. The van der Waals surface area contributed by atoms with Gasteiger partial charge in [0.05, 0.1) is 13.2 Å². The maximum Gasteiger partial charge on any atom is 0.325 e. The number of oxazole rings is 1. The van der Waals surface area contributed by atoms with E-state index in [4.69, 9.17) is 14.1 Å². The molecule has 3 amide bonds. The van der Waals surface area contributed by atoms with Gasteiger partial charge in [0, 0.05) is 32.4 Å². The maximum atomic E-state index is 12.8. The Morgan fingerprint density at radius 2 is 2.03 bits per heavy atom. The van der Waals surface area contributed by atoms with Crippen LogP contribution in [0.4, 0.5) is 4.79 Å². The first-order valence-electron chi connectivity index (χ1n) is 10.7. The van der Waals surface area contributed by atoms with E-state index in [0.29, 0.717) is 38.1 Å². The molecule has 0 spiro atoms. The van der Waals surface area contributed by atoms with Gasteiger partial charge in [0.1, 0.15) is 5.52 Å². The Hall–Kier alpha value is -2.79. The van der Waals surface area contributed by atoms with Crippen LogP contribution in [0.15, 0.2) is 38.9 Å². The molecule has 0 bridgehead atoms. The number of carbonyl (C=O) groups is 2. The summed E-state index contributed by atoms with van der Waals surface area (Å²) in [4.78, 5) is 40.0.